The number of anilines is 1. The van der Waals surface area contributed by atoms with E-state index in [1.807, 2.05) is 55.4 Å². The number of phenolic OH excluding ortho intramolecular Hbond substituents is 1. The molecule has 0 spiro atoms. The monoisotopic (exact) mass is 408 g/mol. The second-order valence-electron chi connectivity index (χ2n) is 8.07. The number of hydrogen-bond donors (Lipinski definition) is 1. The average molecular weight is 409 g/mol. The third-order valence-electron chi connectivity index (χ3n) is 5.08. The van der Waals surface area contributed by atoms with Gasteiger partial charge in [-0.2, -0.15) is 0 Å². The Hall–Kier alpha value is -2.59. The summed E-state index contributed by atoms with van der Waals surface area (Å²) in [7, 11) is 3.92. The molecule has 0 aliphatic rings. The zero-order valence-electron chi connectivity index (χ0n) is 18.9. The van der Waals surface area contributed by atoms with Gasteiger partial charge in [0.25, 0.3) is 0 Å². The van der Waals surface area contributed by atoms with Crippen molar-refractivity contribution in [1.29, 1.82) is 0 Å². The largest absolute Gasteiger partial charge is 0.508 e. The number of allylic oxidation sites excluding steroid dienone is 1. The van der Waals surface area contributed by atoms with Gasteiger partial charge in [0.05, 0.1) is 0 Å². The van der Waals surface area contributed by atoms with Crippen LogP contribution in [0.2, 0.25) is 0 Å². The molecule has 0 fully saturated rings. The highest BCUT2D eigenvalue weighted by molar-refractivity contribution is 6.07. The first-order valence-electron chi connectivity index (χ1n) is 11.0. The molecule has 0 heterocycles. The lowest BCUT2D eigenvalue weighted by molar-refractivity contribution is 0.104. The summed E-state index contributed by atoms with van der Waals surface area (Å²) >= 11 is 0. The molecule has 30 heavy (non-hydrogen) atoms. The van der Waals surface area contributed by atoms with E-state index in [4.69, 9.17) is 0 Å². The lowest BCUT2D eigenvalue weighted by Gasteiger charge is -2.25. The molecule has 4 heteroatoms. The fraction of sp³-hybridized carbons (Fsp3) is 0.423. The van der Waals surface area contributed by atoms with Crippen LogP contribution in [0.3, 0.4) is 0 Å². The summed E-state index contributed by atoms with van der Waals surface area (Å²) in [4.78, 5) is 17.2. The van der Waals surface area contributed by atoms with Crippen molar-refractivity contribution >= 4 is 17.5 Å². The van der Waals surface area contributed by atoms with Crippen molar-refractivity contribution in [3.63, 3.8) is 0 Å². The maximum atomic E-state index is 12.8. The van der Waals surface area contributed by atoms with E-state index in [0.29, 0.717) is 12.1 Å². The Morgan fingerprint density at radius 1 is 1.00 bits per heavy atom. The van der Waals surface area contributed by atoms with Crippen LogP contribution in [0.25, 0.3) is 6.08 Å². The van der Waals surface area contributed by atoms with E-state index in [1.54, 1.807) is 12.1 Å². The van der Waals surface area contributed by atoms with Gasteiger partial charge in [-0.1, -0.05) is 51.0 Å². The maximum absolute atomic E-state index is 12.8. The van der Waals surface area contributed by atoms with Crippen LogP contribution in [-0.4, -0.2) is 43.0 Å². The van der Waals surface area contributed by atoms with Crippen molar-refractivity contribution in [3.8, 4) is 5.75 Å². The summed E-state index contributed by atoms with van der Waals surface area (Å²) in [5.41, 5.74) is 3.57. The number of hydrogen-bond acceptors (Lipinski definition) is 4. The van der Waals surface area contributed by atoms with Gasteiger partial charge in [-0.05, 0) is 62.8 Å². The number of unbranched alkanes of at least 4 members (excludes halogenated alkanes) is 2. The molecular formula is C26H36N2O2. The number of nitrogens with zero attached hydrogens (tertiary/aromatic N) is 2. The van der Waals surface area contributed by atoms with Gasteiger partial charge in [0.2, 0.25) is 0 Å². The number of rotatable bonds is 12. The summed E-state index contributed by atoms with van der Waals surface area (Å²) in [6.07, 6.45) is 8.06. The van der Waals surface area contributed by atoms with E-state index in [1.165, 1.54) is 0 Å². The second-order valence-corrected chi connectivity index (χ2v) is 8.07. The van der Waals surface area contributed by atoms with Crippen molar-refractivity contribution in [1.82, 2.24) is 4.90 Å². The molecule has 2 aromatic rings. The predicted molar refractivity (Wildman–Crippen MR) is 127 cm³/mol. The minimum atomic E-state index is -0.00924. The van der Waals surface area contributed by atoms with Crippen molar-refractivity contribution in [2.24, 2.45) is 0 Å². The first-order valence-corrected chi connectivity index (χ1v) is 11.0. The average Bonchev–Trinajstić information content (AvgIpc) is 2.74. The molecule has 162 valence electrons. The van der Waals surface area contributed by atoms with Gasteiger partial charge < -0.3 is 14.9 Å². The van der Waals surface area contributed by atoms with Crippen molar-refractivity contribution in [3.05, 3.63) is 65.2 Å². The summed E-state index contributed by atoms with van der Waals surface area (Å²) in [5.74, 6) is 0.268. The molecule has 2 rings (SSSR count). The molecule has 0 amide bonds. The highest BCUT2D eigenvalue weighted by Crippen LogP contribution is 2.22. The summed E-state index contributed by atoms with van der Waals surface area (Å²) in [6, 6.07) is 13.4. The standard InChI is InChI=1S/C26H36N2O2/c1-5-7-16-28(17-8-6-2)24-11-9-10-22(19-24)25(29)14-12-21-13-15-26(30)23(18-21)20-27(3)4/h9-15,18-19,30H,5-8,16-17,20H2,1-4H3/b14-12+. The van der Waals surface area contributed by atoms with Gasteiger partial charge in [-0.15, -0.1) is 0 Å². The quantitative estimate of drug-likeness (QED) is 0.358. The Balaban J connectivity index is 2.16. The Kier molecular flexibility index (Phi) is 9.62. The number of carbonyl (C=O) groups excluding carboxylic acids is 1. The fourth-order valence-corrected chi connectivity index (χ4v) is 3.37. The molecule has 0 radical (unpaired) electrons. The molecular weight excluding hydrogens is 372 g/mol. The van der Waals surface area contributed by atoms with E-state index >= 15 is 0 Å². The molecule has 0 unspecified atom stereocenters. The minimum Gasteiger partial charge on any atom is -0.508 e. The van der Waals surface area contributed by atoms with E-state index in [-0.39, 0.29) is 11.5 Å². The van der Waals surface area contributed by atoms with Crippen LogP contribution in [0.5, 0.6) is 5.75 Å². The van der Waals surface area contributed by atoms with Crippen LogP contribution in [-0.2, 0) is 6.54 Å². The van der Waals surface area contributed by atoms with Gasteiger partial charge >= 0.3 is 0 Å². The minimum absolute atomic E-state index is 0.00924. The van der Waals surface area contributed by atoms with E-state index < -0.39 is 0 Å². The van der Waals surface area contributed by atoms with Crippen molar-refractivity contribution in [2.45, 2.75) is 46.1 Å². The Labute approximate surface area is 181 Å². The van der Waals surface area contributed by atoms with Crippen LogP contribution in [0.1, 0.15) is 61.0 Å². The smallest absolute Gasteiger partial charge is 0.185 e. The molecule has 4 nitrogen and oxygen atoms in total. The maximum Gasteiger partial charge on any atom is 0.185 e. The van der Waals surface area contributed by atoms with Crippen LogP contribution >= 0.6 is 0 Å². The van der Waals surface area contributed by atoms with Crippen LogP contribution in [0.15, 0.2) is 48.5 Å². The van der Waals surface area contributed by atoms with Gasteiger partial charge in [0, 0.05) is 36.4 Å². The first kappa shape index (κ1) is 23.7. The second kappa shape index (κ2) is 12.2. The third kappa shape index (κ3) is 7.34. The van der Waals surface area contributed by atoms with E-state index in [2.05, 4.69) is 24.8 Å². The molecule has 2 aromatic carbocycles. The van der Waals surface area contributed by atoms with Crippen molar-refractivity contribution < 1.29 is 9.90 Å². The van der Waals surface area contributed by atoms with Crippen LogP contribution in [0, 0.1) is 0 Å². The topological polar surface area (TPSA) is 43.8 Å². The SMILES string of the molecule is CCCCN(CCCC)c1cccc(C(=O)/C=C/c2ccc(O)c(CN(C)C)c2)c1. The lowest BCUT2D eigenvalue weighted by atomic mass is 10.1. The van der Waals surface area contributed by atoms with Crippen LogP contribution in [0.4, 0.5) is 5.69 Å². The molecule has 0 aliphatic heterocycles. The fourth-order valence-electron chi connectivity index (χ4n) is 3.37. The highest BCUT2D eigenvalue weighted by atomic mass is 16.3. The number of carbonyl (C=O) groups is 1. The zero-order valence-corrected chi connectivity index (χ0v) is 18.9. The Morgan fingerprint density at radius 3 is 2.33 bits per heavy atom. The predicted octanol–water partition coefficient (Wildman–Crippen LogP) is 5.76. The molecule has 0 atom stereocenters. The summed E-state index contributed by atoms with van der Waals surface area (Å²) in [6.45, 7) is 7.10. The number of ketones is 1. The molecule has 0 saturated heterocycles. The number of aromatic hydroxyl groups is 1. The molecule has 0 bridgehead atoms. The third-order valence-corrected chi connectivity index (χ3v) is 5.08. The Bertz CT molecular complexity index is 835. The normalized spacial score (nSPS) is 11.4. The van der Waals surface area contributed by atoms with Gasteiger partial charge in [0.15, 0.2) is 5.78 Å². The summed E-state index contributed by atoms with van der Waals surface area (Å²) < 4.78 is 0. The number of benzene rings is 2. The first-order chi connectivity index (χ1) is 14.4. The van der Waals surface area contributed by atoms with Gasteiger partial charge in [-0.25, -0.2) is 0 Å². The van der Waals surface area contributed by atoms with E-state index in [9.17, 15) is 9.90 Å². The molecule has 0 aliphatic carbocycles. The van der Waals surface area contributed by atoms with Crippen LogP contribution < -0.4 is 4.90 Å². The lowest BCUT2D eigenvalue weighted by Crippen LogP contribution is -2.25. The van der Waals surface area contributed by atoms with Gasteiger partial charge in [0.1, 0.15) is 5.75 Å². The highest BCUT2D eigenvalue weighted by Gasteiger charge is 2.09. The molecule has 0 saturated carbocycles. The van der Waals surface area contributed by atoms with E-state index in [0.717, 1.165) is 55.6 Å². The van der Waals surface area contributed by atoms with Crippen molar-refractivity contribution in [2.75, 3.05) is 32.1 Å². The number of phenols is 1. The van der Waals surface area contributed by atoms with Gasteiger partial charge in [-0.3, -0.25) is 4.79 Å². The zero-order chi connectivity index (χ0) is 21.9. The molecule has 1 N–H and O–H groups in total. The molecule has 0 aromatic heterocycles. The Morgan fingerprint density at radius 2 is 1.70 bits per heavy atom. The summed E-state index contributed by atoms with van der Waals surface area (Å²) in [5, 5.41) is 10.0.